The van der Waals surface area contributed by atoms with Crippen LogP contribution in [0.4, 0.5) is 18.9 Å². The molecule has 0 spiro atoms. The summed E-state index contributed by atoms with van der Waals surface area (Å²) in [5.41, 5.74) is -0.00620. The fourth-order valence-corrected chi connectivity index (χ4v) is 5.21. The number of fused-ring (bicyclic) bond motifs is 4. The van der Waals surface area contributed by atoms with Gasteiger partial charge in [0.15, 0.2) is 11.5 Å². The molecule has 3 aromatic rings. The van der Waals surface area contributed by atoms with E-state index in [4.69, 9.17) is 4.74 Å². The molecule has 0 bridgehead atoms. The van der Waals surface area contributed by atoms with E-state index in [1.807, 2.05) is 17.6 Å². The Balaban J connectivity index is 1.32. The highest BCUT2D eigenvalue weighted by Gasteiger charge is 2.53. The first-order chi connectivity index (χ1) is 17.6. The highest BCUT2D eigenvalue weighted by atomic mass is 19.3. The van der Waals surface area contributed by atoms with Crippen LogP contribution in [0.2, 0.25) is 0 Å². The molecule has 2 atom stereocenters. The molecule has 6 rings (SSSR count). The molecule has 0 saturated heterocycles. The van der Waals surface area contributed by atoms with Gasteiger partial charge in [-0.25, -0.2) is 4.39 Å². The van der Waals surface area contributed by atoms with Gasteiger partial charge >= 0.3 is 6.29 Å². The minimum absolute atomic E-state index is 0.0162. The lowest BCUT2D eigenvalue weighted by molar-refractivity contribution is -0.286. The summed E-state index contributed by atoms with van der Waals surface area (Å²) < 4.78 is 58.6. The highest BCUT2D eigenvalue weighted by Crippen LogP contribution is 2.52. The first-order valence-electron chi connectivity index (χ1n) is 12.0. The summed E-state index contributed by atoms with van der Waals surface area (Å²) >= 11 is 0. The van der Waals surface area contributed by atoms with Gasteiger partial charge in [-0.2, -0.15) is 0 Å². The number of aliphatic hydroxyl groups is 2. The topological polar surface area (TPSA) is 102 Å². The summed E-state index contributed by atoms with van der Waals surface area (Å²) in [5, 5.41) is 23.1. The number of carbonyl (C=O) groups is 1. The maximum atomic E-state index is 15.3. The molecular formula is C26H25F3N2O6. The largest absolute Gasteiger partial charge is 0.586 e. The fraction of sp³-hybridized carbons (Fsp3) is 0.423. The molecule has 8 nitrogen and oxygen atoms in total. The smallest absolute Gasteiger partial charge is 0.395 e. The zero-order chi connectivity index (χ0) is 26.2. The quantitative estimate of drug-likeness (QED) is 0.479. The van der Waals surface area contributed by atoms with Gasteiger partial charge in [-0.15, -0.1) is 8.78 Å². The number of alkyl halides is 2. The number of aliphatic hydroxyl groups excluding tert-OH is 2. The molecule has 1 amide bonds. The third-order valence-corrected chi connectivity index (χ3v) is 7.57. The van der Waals surface area contributed by atoms with Gasteiger partial charge in [-0.05, 0) is 49.6 Å². The predicted octanol–water partition coefficient (Wildman–Crippen LogP) is 3.41. The monoisotopic (exact) mass is 518 g/mol. The Kier molecular flexibility index (Phi) is 5.28. The number of ether oxygens (including phenoxy) is 3. The van der Waals surface area contributed by atoms with Crippen molar-refractivity contribution in [2.24, 2.45) is 0 Å². The van der Waals surface area contributed by atoms with Crippen LogP contribution < -0.4 is 14.8 Å². The Morgan fingerprint density at radius 3 is 2.59 bits per heavy atom. The first kappa shape index (κ1) is 24.1. The average Bonchev–Trinajstić information content (AvgIpc) is 3.54. The van der Waals surface area contributed by atoms with E-state index in [-0.39, 0.29) is 43.6 Å². The summed E-state index contributed by atoms with van der Waals surface area (Å²) in [4.78, 5) is 13.3. The Morgan fingerprint density at radius 1 is 1.14 bits per heavy atom. The lowest BCUT2D eigenvalue weighted by atomic mass is 9.88. The second kappa shape index (κ2) is 8.11. The van der Waals surface area contributed by atoms with Crippen molar-refractivity contribution in [1.29, 1.82) is 0 Å². The molecule has 2 aromatic carbocycles. The average molecular weight is 518 g/mol. The number of benzene rings is 2. The molecule has 3 aliphatic rings. The van der Waals surface area contributed by atoms with Crippen molar-refractivity contribution >= 4 is 22.5 Å². The Bertz CT molecular complexity index is 1420. The minimum atomic E-state index is -3.76. The summed E-state index contributed by atoms with van der Waals surface area (Å²) in [6.07, 6.45) is -3.33. The molecule has 1 aliphatic carbocycles. The second-order valence-electron chi connectivity index (χ2n) is 10.2. The summed E-state index contributed by atoms with van der Waals surface area (Å²) in [5.74, 6) is -1.37. The maximum Gasteiger partial charge on any atom is 0.586 e. The molecular weight excluding hydrogens is 493 g/mol. The molecule has 0 radical (unpaired) electrons. The maximum absolute atomic E-state index is 15.3. The van der Waals surface area contributed by atoms with Gasteiger partial charge in [0.2, 0.25) is 5.91 Å². The van der Waals surface area contributed by atoms with Crippen LogP contribution in [-0.2, 0) is 26.9 Å². The van der Waals surface area contributed by atoms with Gasteiger partial charge in [-0.1, -0.05) is 6.07 Å². The number of anilines is 1. The molecule has 11 heteroatoms. The predicted molar refractivity (Wildman–Crippen MR) is 125 cm³/mol. The number of nitrogens with zero attached hydrogens (tertiary/aromatic N) is 1. The van der Waals surface area contributed by atoms with Crippen molar-refractivity contribution in [3.8, 4) is 11.5 Å². The van der Waals surface area contributed by atoms with E-state index in [0.29, 0.717) is 29.3 Å². The number of amides is 1. The van der Waals surface area contributed by atoms with E-state index >= 15 is 4.39 Å². The van der Waals surface area contributed by atoms with Gasteiger partial charge < -0.3 is 34.3 Å². The number of hydrogen-bond acceptors (Lipinski definition) is 6. The van der Waals surface area contributed by atoms with E-state index in [2.05, 4.69) is 14.8 Å². The molecule has 2 aliphatic heterocycles. The van der Waals surface area contributed by atoms with Crippen molar-refractivity contribution in [1.82, 2.24) is 4.57 Å². The Hall–Kier alpha value is -3.28. The summed E-state index contributed by atoms with van der Waals surface area (Å²) in [7, 11) is 0. The van der Waals surface area contributed by atoms with Crippen LogP contribution >= 0.6 is 0 Å². The van der Waals surface area contributed by atoms with Crippen molar-refractivity contribution < 1.29 is 42.4 Å². The van der Waals surface area contributed by atoms with Crippen molar-refractivity contribution in [2.75, 3.05) is 25.1 Å². The van der Waals surface area contributed by atoms with Gasteiger partial charge in [0.1, 0.15) is 5.82 Å². The molecule has 3 heterocycles. The lowest BCUT2D eigenvalue weighted by Crippen LogP contribution is -2.33. The number of aromatic nitrogens is 1. The van der Waals surface area contributed by atoms with E-state index < -0.39 is 35.0 Å². The summed E-state index contributed by atoms with van der Waals surface area (Å²) in [6.45, 7) is 1.85. The summed E-state index contributed by atoms with van der Waals surface area (Å²) in [6, 6.07) is 8.91. The molecule has 3 N–H and O–H groups in total. The van der Waals surface area contributed by atoms with Crippen LogP contribution in [0.15, 0.2) is 36.4 Å². The number of nitrogens with one attached hydrogen (secondary N) is 1. The molecule has 2 unspecified atom stereocenters. The minimum Gasteiger partial charge on any atom is -0.395 e. The van der Waals surface area contributed by atoms with E-state index in [1.54, 1.807) is 0 Å². The number of carbonyl (C=O) groups excluding carboxylic acids is 1. The van der Waals surface area contributed by atoms with Crippen molar-refractivity contribution in [3.63, 3.8) is 0 Å². The lowest BCUT2D eigenvalue weighted by Gasteiger charge is -2.25. The zero-order valence-corrected chi connectivity index (χ0v) is 19.9. The van der Waals surface area contributed by atoms with Crippen LogP contribution in [-0.4, -0.2) is 52.9 Å². The molecule has 1 saturated carbocycles. The number of hydrogen-bond donors (Lipinski definition) is 3. The molecule has 196 valence electrons. The van der Waals surface area contributed by atoms with Crippen LogP contribution in [0.25, 0.3) is 10.9 Å². The Morgan fingerprint density at radius 2 is 1.89 bits per heavy atom. The molecule has 1 aromatic heterocycles. The van der Waals surface area contributed by atoms with E-state index in [9.17, 15) is 23.8 Å². The number of rotatable bonds is 5. The number of halogens is 3. The zero-order valence-electron chi connectivity index (χ0n) is 19.9. The highest BCUT2D eigenvalue weighted by molar-refractivity contribution is 6.03. The third-order valence-electron chi connectivity index (χ3n) is 7.57. The van der Waals surface area contributed by atoms with Crippen LogP contribution in [0.5, 0.6) is 11.5 Å². The Labute approximate surface area is 209 Å². The van der Waals surface area contributed by atoms with E-state index in [0.717, 1.165) is 5.69 Å². The third kappa shape index (κ3) is 3.84. The standard InChI is InChI=1S/C26H25F3N2O6/c1-24(12-33)13-35-16(11-32)10-31-19-9-17(27)18(6-14(19)7-22(24)31)30-23(34)25(4-5-25)15-2-3-20-21(8-15)37-26(28,29)36-20/h2-3,6-9,16,32-33H,4-5,10-13H2,1H3,(H,30,34). The fourth-order valence-electron chi connectivity index (χ4n) is 5.21. The van der Waals surface area contributed by atoms with E-state index in [1.165, 1.54) is 30.3 Å². The second-order valence-corrected chi connectivity index (χ2v) is 10.2. The van der Waals surface area contributed by atoms with Gasteiger partial charge in [0.05, 0.1) is 54.5 Å². The van der Waals surface area contributed by atoms with Gasteiger partial charge in [-0.3, -0.25) is 4.79 Å². The van der Waals surface area contributed by atoms with Crippen molar-refractivity contribution in [3.05, 3.63) is 53.5 Å². The molecule has 37 heavy (non-hydrogen) atoms. The molecule has 1 fully saturated rings. The van der Waals surface area contributed by atoms with Crippen LogP contribution in [0.3, 0.4) is 0 Å². The van der Waals surface area contributed by atoms with Crippen LogP contribution in [0, 0.1) is 5.82 Å². The normalized spacial score (nSPS) is 25.0. The van der Waals surface area contributed by atoms with Gasteiger partial charge in [0, 0.05) is 17.1 Å². The van der Waals surface area contributed by atoms with Crippen LogP contribution in [0.1, 0.15) is 31.0 Å². The first-order valence-corrected chi connectivity index (χ1v) is 12.0. The van der Waals surface area contributed by atoms with Gasteiger partial charge in [0.25, 0.3) is 0 Å². The van der Waals surface area contributed by atoms with Crippen molar-refractivity contribution in [2.45, 2.75) is 49.5 Å². The SMILES string of the molecule is CC1(CO)COC(CO)Cn2c1cc1cc(NC(=O)C3(c4ccc5c(c4)OC(F)(F)O5)CC3)c(F)cc12.